The zero-order valence-electron chi connectivity index (χ0n) is 18.1. The van der Waals surface area contributed by atoms with Gasteiger partial charge in [-0.25, -0.2) is 23.2 Å². The van der Waals surface area contributed by atoms with Crippen molar-refractivity contribution in [3.8, 4) is 0 Å². The number of carbonyl (C=O) groups is 1. The van der Waals surface area contributed by atoms with Gasteiger partial charge >= 0.3 is 5.97 Å². The van der Waals surface area contributed by atoms with Crippen LogP contribution in [0.4, 0.5) is 20.2 Å². The Balaban J connectivity index is 0.000000214. The van der Waals surface area contributed by atoms with E-state index in [0.29, 0.717) is 6.07 Å². The lowest BCUT2D eigenvalue weighted by Crippen LogP contribution is -2.35. The summed E-state index contributed by atoms with van der Waals surface area (Å²) in [6.07, 6.45) is 2.17. The molecule has 4 rings (SSSR count). The van der Waals surface area contributed by atoms with Gasteiger partial charge in [-0.1, -0.05) is 0 Å². The van der Waals surface area contributed by atoms with Crippen LogP contribution in [0.25, 0.3) is 0 Å². The fourth-order valence-corrected chi connectivity index (χ4v) is 3.22. The van der Waals surface area contributed by atoms with Crippen LogP contribution in [0.15, 0.2) is 49.1 Å². The molecule has 1 aliphatic rings. The molecule has 3 aromatic rings. The van der Waals surface area contributed by atoms with Gasteiger partial charge in [-0.05, 0) is 12.1 Å². The molecule has 1 fully saturated rings. The van der Waals surface area contributed by atoms with Gasteiger partial charge in [0.2, 0.25) is 5.79 Å². The van der Waals surface area contributed by atoms with Gasteiger partial charge < -0.3 is 19.7 Å². The first-order valence-electron chi connectivity index (χ1n) is 9.92. The minimum atomic E-state index is -1.47. The van der Waals surface area contributed by atoms with Crippen LogP contribution in [0.2, 0.25) is 0 Å². The molecule has 1 aromatic heterocycles. The van der Waals surface area contributed by atoms with Gasteiger partial charge in [-0.3, -0.25) is 20.2 Å². The van der Waals surface area contributed by atoms with Crippen LogP contribution in [0.5, 0.6) is 0 Å². The average Bonchev–Trinajstić information content (AvgIpc) is 3.49. The highest BCUT2D eigenvalue weighted by Gasteiger charge is 2.45. The summed E-state index contributed by atoms with van der Waals surface area (Å²) in [5, 5.41) is 42.4. The smallest absolute Gasteiger partial charge is 0.336 e. The molecular weight excluding hydrogens is 492 g/mol. The van der Waals surface area contributed by atoms with Gasteiger partial charge in [0, 0.05) is 23.8 Å². The van der Waals surface area contributed by atoms with Gasteiger partial charge in [0.25, 0.3) is 11.4 Å². The highest BCUT2D eigenvalue weighted by Crippen LogP contribution is 2.37. The van der Waals surface area contributed by atoms with Crippen molar-refractivity contribution in [3.63, 3.8) is 0 Å². The average molecular weight is 509 g/mol. The van der Waals surface area contributed by atoms with Crippen molar-refractivity contribution in [1.29, 1.82) is 0 Å². The number of ether oxygens (including phenoxy) is 2. The molecule has 2 heterocycles. The standard InChI is InChI=1S/C13H13F2N3O3.C7H4N2O6/c14-9-1-2-11(12(15)3-9)13(6-18-8-16-7-17-18)20-5-10(4-19)21-13;10-7(11)4-1-5(8(12)13)3-6(2-4)9(14)15/h1-3,7-8,10,19H,4-6H2;1-3H,(H,10,11)/t10-,13-;/m1./s1. The molecule has 2 aromatic carbocycles. The number of carboxylic acid groups (broad SMARTS) is 1. The van der Waals surface area contributed by atoms with E-state index in [2.05, 4.69) is 10.1 Å². The molecule has 14 nitrogen and oxygen atoms in total. The predicted molar refractivity (Wildman–Crippen MR) is 113 cm³/mol. The third-order valence-electron chi connectivity index (χ3n) is 4.81. The van der Waals surface area contributed by atoms with Crippen molar-refractivity contribution in [2.45, 2.75) is 18.4 Å². The third-order valence-corrected chi connectivity index (χ3v) is 4.81. The van der Waals surface area contributed by atoms with Gasteiger partial charge in [0.05, 0.1) is 34.7 Å². The van der Waals surface area contributed by atoms with Crippen LogP contribution in [0, 0.1) is 31.9 Å². The van der Waals surface area contributed by atoms with Gasteiger partial charge in [0.15, 0.2) is 0 Å². The van der Waals surface area contributed by atoms with Crippen LogP contribution in [-0.2, 0) is 21.8 Å². The molecule has 190 valence electrons. The lowest BCUT2D eigenvalue weighted by atomic mass is 10.0. The van der Waals surface area contributed by atoms with Crippen molar-refractivity contribution < 1.29 is 43.1 Å². The number of aliphatic hydroxyl groups is 1. The Kier molecular flexibility index (Phi) is 7.93. The van der Waals surface area contributed by atoms with E-state index in [0.717, 1.165) is 24.3 Å². The Bertz CT molecular complexity index is 1200. The molecule has 0 aliphatic carbocycles. The molecule has 1 aliphatic heterocycles. The zero-order chi connectivity index (χ0) is 26.5. The first-order chi connectivity index (χ1) is 17.0. The number of carboxylic acids is 1. The van der Waals surface area contributed by atoms with Crippen LogP contribution >= 0.6 is 0 Å². The Hall–Kier alpha value is -4.41. The zero-order valence-corrected chi connectivity index (χ0v) is 18.1. The minimum absolute atomic E-state index is 0.0338. The summed E-state index contributed by atoms with van der Waals surface area (Å²) in [6, 6.07) is 5.37. The molecule has 36 heavy (non-hydrogen) atoms. The summed E-state index contributed by atoms with van der Waals surface area (Å²) in [6.45, 7) is -0.129. The van der Waals surface area contributed by atoms with E-state index < -0.39 is 56.3 Å². The van der Waals surface area contributed by atoms with Gasteiger partial charge in [-0.15, -0.1) is 0 Å². The van der Waals surface area contributed by atoms with Crippen LogP contribution < -0.4 is 0 Å². The van der Waals surface area contributed by atoms with Crippen molar-refractivity contribution in [2.24, 2.45) is 0 Å². The van der Waals surface area contributed by atoms with Crippen molar-refractivity contribution in [3.05, 3.63) is 92.0 Å². The maximum Gasteiger partial charge on any atom is 0.336 e. The highest BCUT2D eigenvalue weighted by molar-refractivity contribution is 5.89. The maximum absolute atomic E-state index is 14.1. The summed E-state index contributed by atoms with van der Waals surface area (Å²) in [4.78, 5) is 33.2. The maximum atomic E-state index is 14.1. The number of aromatic carboxylic acids is 1. The van der Waals surface area contributed by atoms with Crippen LogP contribution in [0.3, 0.4) is 0 Å². The van der Waals surface area contributed by atoms with E-state index >= 15 is 0 Å². The monoisotopic (exact) mass is 509 g/mol. The molecule has 0 radical (unpaired) electrons. The number of nitro benzene ring substituents is 2. The van der Waals surface area contributed by atoms with E-state index in [1.165, 1.54) is 23.4 Å². The minimum Gasteiger partial charge on any atom is -0.478 e. The Morgan fingerprint density at radius 1 is 1.17 bits per heavy atom. The summed E-state index contributed by atoms with van der Waals surface area (Å²) in [5.74, 6) is -4.40. The summed E-state index contributed by atoms with van der Waals surface area (Å²) >= 11 is 0. The SMILES string of the molecule is O=C(O)c1cc([N+](=O)[O-])cc([N+](=O)[O-])c1.OC[C@@H]1CO[C@@](Cn2cncn2)(c2ccc(F)cc2F)O1. The fourth-order valence-electron chi connectivity index (χ4n) is 3.22. The Morgan fingerprint density at radius 2 is 1.83 bits per heavy atom. The molecule has 2 N–H and O–H groups in total. The van der Waals surface area contributed by atoms with E-state index in [4.69, 9.17) is 14.6 Å². The second-order valence-electron chi connectivity index (χ2n) is 7.26. The second kappa shape index (κ2) is 10.9. The molecule has 2 atom stereocenters. The number of nitrogens with zero attached hydrogens (tertiary/aromatic N) is 5. The number of non-ortho nitro benzene ring substituents is 2. The Labute approximate surface area is 199 Å². The van der Waals surface area contributed by atoms with E-state index in [-0.39, 0.29) is 25.3 Å². The number of aromatic nitrogens is 3. The number of rotatable bonds is 7. The molecular formula is C20H17F2N5O9. The first-order valence-corrected chi connectivity index (χ1v) is 9.92. The number of nitro groups is 2. The summed E-state index contributed by atoms with van der Waals surface area (Å²) in [5.41, 5.74) is -1.69. The molecule has 0 bridgehead atoms. The van der Waals surface area contributed by atoms with E-state index in [9.17, 15) is 38.9 Å². The molecule has 1 saturated heterocycles. The van der Waals surface area contributed by atoms with E-state index in [1.54, 1.807) is 0 Å². The molecule has 16 heteroatoms. The number of halogens is 2. The van der Waals surface area contributed by atoms with Crippen LogP contribution in [0.1, 0.15) is 15.9 Å². The molecule has 0 amide bonds. The number of hydrogen-bond acceptors (Lipinski definition) is 10. The lowest BCUT2D eigenvalue weighted by Gasteiger charge is -2.28. The highest BCUT2D eigenvalue weighted by atomic mass is 19.1. The van der Waals surface area contributed by atoms with Crippen LogP contribution in [-0.4, -0.2) is 60.1 Å². The third kappa shape index (κ3) is 5.98. The summed E-state index contributed by atoms with van der Waals surface area (Å²) in [7, 11) is 0. The summed E-state index contributed by atoms with van der Waals surface area (Å²) < 4.78 is 39.9. The quantitative estimate of drug-likeness (QED) is 0.349. The molecule has 0 saturated carbocycles. The number of hydrogen-bond donors (Lipinski definition) is 2. The van der Waals surface area contributed by atoms with Gasteiger partial charge in [0.1, 0.15) is 36.9 Å². The number of aliphatic hydroxyl groups excluding tert-OH is 1. The van der Waals surface area contributed by atoms with Crippen molar-refractivity contribution >= 4 is 17.3 Å². The lowest BCUT2D eigenvalue weighted by molar-refractivity contribution is -0.394. The second-order valence-corrected chi connectivity index (χ2v) is 7.26. The van der Waals surface area contributed by atoms with Crippen molar-refractivity contribution in [1.82, 2.24) is 14.8 Å². The topological polar surface area (TPSA) is 193 Å². The first kappa shape index (κ1) is 26.2. The number of benzene rings is 2. The largest absolute Gasteiger partial charge is 0.478 e. The predicted octanol–water partition coefficient (Wildman–Crippen LogP) is 2.02. The Morgan fingerprint density at radius 3 is 2.31 bits per heavy atom. The van der Waals surface area contributed by atoms with Gasteiger partial charge in [-0.2, -0.15) is 5.10 Å². The fraction of sp³-hybridized carbons (Fsp3) is 0.250. The van der Waals surface area contributed by atoms with E-state index in [1.807, 2.05) is 0 Å². The normalized spacial score (nSPS) is 18.8. The molecule has 0 spiro atoms. The van der Waals surface area contributed by atoms with Crippen molar-refractivity contribution in [2.75, 3.05) is 13.2 Å². The molecule has 0 unspecified atom stereocenters.